The molecule has 1 aromatic carbocycles. The number of likely N-dealkylation sites (tertiary alicyclic amines) is 1. The molecular formula is C18H26N3O4+. The van der Waals surface area contributed by atoms with E-state index in [0.29, 0.717) is 23.8 Å². The smallest absolute Gasteiger partial charge is 0.340 e. The summed E-state index contributed by atoms with van der Waals surface area (Å²) >= 11 is 0. The Morgan fingerprint density at radius 1 is 1.16 bits per heavy atom. The van der Waals surface area contributed by atoms with Gasteiger partial charge in [0.05, 0.1) is 18.1 Å². The first kappa shape index (κ1) is 16.6. The van der Waals surface area contributed by atoms with Crippen molar-refractivity contribution in [2.24, 2.45) is 0 Å². The molecule has 0 bridgehead atoms. The Hall–Kier alpha value is -1.86. The van der Waals surface area contributed by atoms with Crippen LogP contribution in [0.15, 0.2) is 12.1 Å². The molecule has 136 valence electrons. The van der Waals surface area contributed by atoms with E-state index in [2.05, 4.69) is 16.8 Å². The monoisotopic (exact) mass is 348 g/mol. The van der Waals surface area contributed by atoms with Gasteiger partial charge in [-0.25, -0.2) is 4.84 Å². The molecule has 25 heavy (non-hydrogen) atoms. The standard InChI is InChI=1S/C18H26N3O4/c1-19-5-3-18(4-6-19)13-14-11-16(21(22)23-2)15(12-17(14)25-18)20-7-9-24-10-8-20/h11-12H,3-10,13H2,1-2H3/q+1. The third-order valence-corrected chi connectivity index (χ3v) is 5.61. The van der Waals surface area contributed by atoms with Crippen LogP contribution in [0.4, 0.5) is 11.4 Å². The largest absolute Gasteiger partial charge is 0.486 e. The molecule has 0 radical (unpaired) electrons. The molecule has 4 rings (SSSR count). The third kappa shape index (κ3) is 3.06. The van der Waals surface area contributed by atoms with Gasteiger partial charge in [0.25, 0.3) is 4.92 Å². The van der Waals surface area contributed by atoms with Gasteiger partial charge in [-0.2, -0.15) is 0 Å². The average molecular weight is 348 g/mol. The number of rotatable bonds is 3. The Kier molecular flexibility index (Phi) is 4.29. The second-order valence-electron chi connectivity index (χ2n) is 7.25. The molecular weight excluding hydrogens is 322 g/mol. The van der Waals surface area contributed by atoms with Gasteiger partial charge >= 0.3 is 5.69 Å². The molecule has 0 amide bonds. The minimum absolute atomic E-state index is 0.115. The second kappa shape index (κ2) is 6.46. The van der Waals surface area contributed by atoms with Gasteiger partial charge < -0.3 is 19.3 Å². The summed E-state index contributed by atoms with van der Waals surface area (Å²) in [6.45, 7) is 4.95. The maximum atomic E-state index is 12.3. The van der Waals surface area contributed by atoms with Gasteiger partial charge in [0.1, 0.15) is 17.0 Å². The minimum Gasteiger partial charge on any atom is -0.486 e. The first-order valence-corrected chi connectivity index (χ1v) is 8.99. The molecule has 2 saturated heterocycles. The molecule has 0 atom stereocenters. The van der Waals surface area contributed by atoms with Crippen LogP contribution in [0.25, 0.3) is 0 Å². The fourth-order valence-electron chi connectivity index (χ4n) is 4.06. The fourth-order valence-corrected chi connectivity index (χ4v) is 4.06. The van der Waals surface area contributed by atoms with Crippen LogP contribution in [-0.4, -0.2) is 69.0 Å². The lowest BCUT2D eigenvalue weighted by molar-refractivity contribution is -0.736. The van der Waals surface area contributed by atoms with Crippen molar-refractivity contribution in [2.45, 2.75) is 24.9 Å². The Balaban J connectivity index is 1.67. The van der Waals surface area contributed by atoms with Crippen LogP contribution in [-0.2, 0) is 16.0 Å². The van der Waals surface area contributed by atoms with Crippen LogP contribution in [0.5, 0.6) is 5.75 Å². The van der Waals surface area contributed by atoms with E-state index in [1.54, 1.807) is 0 Å². The third-order valence-electron chi connectivity index (χ3n) is 5.61. The topological polar surface area (TPSA) is 54.3 Å². The highest BCUT2D eigenvalue weighted by Gasteiger charge is 2.43. The van der Waals surface area contributed by atoms with Gasteiger partial charge in [0.15, 0.2) is 7.11 Å². The number of piperidine rings is 1. The molecule has 1 aromatic rings. The number of nitrogens with zero attached hydrogens (tertiary/aromatic N) is 3. The lowest BCUT2D eigenvalue weighted by Gasteiger charge is -2.37. The lowest BCUT2D eigenvalue weighted by atomic mass is 9.87. The van der Waals surface area contributed by atoms with E-state index in [0.717, 1.165) is 62.4 Å². The van der Waals surface area contributed by atoms with E-state index in [4.69, 9.17) is 14.3 Å². The summed E-state index contributed by atoms with van der Waals surface area (Å²) in [5.74, 6) is 0.916. The maximum absolute atomic E-state index is 12.3. The molecule has 7 heteroatoms. The molecule has 3 heterocycles. The summed E-state index contributed by atoms with van der Waals surface area (Å²) in [6, 6.07) is 3.97. The number of hydrogen-bond donors (Lipinski definition) is 0. The van der Waals surface area contributed by atoms with Crippen molar-refractivity contribution in [1.82, 2.24) is 4.90 Å². The molecule has 2 fully saturated rings. The molecule has 0 saturated carbocycles. The van der Waals surface area contributed by atoms with Crippen molar-refractivity contribution in [3.8, 4) is 5.75 Å². The van der Waals surface area contributed by atoms with Crippen molar-refractivity contribution in [2.75, 3.05) is 58.5 Å². The molecule has 0 aromatic heterocycles. The lowest BCUT2D eigenvalue weighted by Crippen LogP contribution is -2.45. The highest BCUT2D eigenvalue weighted by molar-refractivity contribution is 5.69. The van der Waals surface area contributed by atoms with Crippen LogP contribution in [0, 0.1) is 4.91 Å². The fraction of sp³-hybridized carbons (Fsp3) is 0.667. The van der Waals surface area contributed by atoms with Crippen molar-refractivity contribution in [3.63, 3.8) is 0 Å². The first-order chi connectivity index (χ1) is 12.1. The summed E-state index contributed by atoms with van der Waals surface area (Å²) in [5.41, 5.74) is 2.41. The van der Waals surface area contributed by atoms with E-state index >= 15 is 0 Å². The van der Waals surface area contributed by atoms with Crippen molar-refractivity contribution in [1.29, 1.82) is 0 Å². The van der Waals surface area contributed by atoms with Crippen molar-refractivity contribution < 1.29 is 19.2 Å². The zero-order chi connectivity index (χ0) is 17.4. The number of anilines is 1. The van der Waals surface area contributed by atoms with Gasteiger partial charge in [0, 0.05) is 63.1 Å². The predicted molar refractivity (Wildman–Crippen MR) is 93.6 cm³/mol. The van der Waals surface area contributed by atoms with Crippen LogP contribution in [0.3, 0.4) is 0 Å². The molecule has 7 nitrogen and oxygen atoms in total. The van der Waals surface area contributed by atoms with Crippen LogP contribution in [0.1, 0.15) is 18.4 Å². The average Bonchev–Trinajstić information content (AvgIpc) is 3.00. The van der Waals surface area contributed by atoms with Gasteiger partial charge in [0.2, 0.25) is 0 Å². The molecule has 0 aliphatic carbocycles. The Bertz CT molecular complexity index is 665. The second-order valence-corrected chi connectivity index (χ2v) is 7.25. The Morgan fingerprint density at radius 3 is 2.56 bits per heavy atom. The SMILES string of the molecule is CO[N+](=O)c1cc2c(cc1N1CCOCC1)OC1(CCN(C)CC1)C2. The molecule has 1 spiro atoms. The number of ether oxygens (including phenoxy) is 2. The summed E-state index contributed by atoms with van der Waals surface area (Å²) in [5, 5.41) is 0. The molecule has 3 aliphatic heterocycles. The van der Waals surface area contributed by atoms with Crippen LogP contribution < -0.4 is 9.64 Å². The number of hydrogen-bond acceptors (Lipinski definition) is 6. The van der Waals surface area contributed by atoms with Crippen LogP contribution >= 0.6 is 0 Å². The number of benzene rings is 1. The van der Waals surface area contributed by atoms with Crippen molar-refractivity contribution in [3.05, 3.63) is 22.6 Å². The van der Waals surface area contributed by atoms with Gasteiger partial charge in [-0.15, -0.1) is 0 Å². The zero-order valence-electron chi connectivity index (χ0n) is 15.0. The van der Waals surface area contributed by atoms with E-state index in [1.165, 1.54) is 7.11 Å². The first-order valence-electron chi connectivity index (χ1n) is 8.99. The predicted octanol–water partition coefficient (Wildman–Crippen LogP) is 1.89. The summed E-state index contributed by atoms with van der Waals surface area (Å²) in [4.78, 5) is 22.3. The summed E-state index contributed by atoms with van der Waals surface area (Å²) in [6.07, 6.45) is 2.90. The normalized spacial score (nSPS) is 22.6. The van der Waals surface area contributed by atoms with Gasteiger partial charge in [-0.05, 0) is 7.05 Å². The Labute approximate surface area is 148 Å². The molecule has 3 aliphatic rings. The van der Waals surface area contributed by atoms with E-state index in [9.17, 15) is 4.91 Å². The minimum atomic E-state index is -0.115. The molecule has 0 unspecified atom stereocenters. The maximum Gasteiger partial charge on any atom is 0.340 e. The summed E-state index contributed by atoms with van der Waals surface area (Å²) < 4.78 is 11.9. The number of fused-ring (bicyclic) bond motifs is 1. The van der Waals surface area contributed by atoms with Gasteiger partial charge in [-0.1, -0.05) is 0 Å². The van der Waals surface area contributed by atoms with Crippen LogP contribution in [0.2, 0.25) is 0 Å². The summed E-state index contributed by atoms with van der Waals surface area (Å²) in [7, 11) is 3.55. The van der Waals surface area contributed by atoms with Crippen molar-refractivity contribution >= 4 is 11.4 Å². The zero-order valence-corrected chi connectivity index (χ0v) is 15.0. The van der Waals surface area contributed by atoms with E-state index in [-0.39, 0.29) is 5.60 Å². The Morgan fingerprint density at radius 2 is 1.88 bits per heavy atom. The molecule has 0 N–H and O–H groups in total. The van der Waals surface area contributed by atoms with E-state index in [1.807, 2.05) is 12.1 Å². The number of morpholine rings is 1. The van der Waals surface area contributed by atoms with Gasteiger partial charge in [-0.3, -0.25) is 0 Å². The quantitative estimate of drug-likeness (QED) is 0.778. The highest BCUT2D eigenvalue weighted by Crippen LogP contribution is 2.45. The van der Waals surface area contributed by atoms with E-state index < -0.39 is 0 Å². The highest BCUT2D eigenvalue weighted by atomic mass is 16.8.